The van der Waals surface area contributed by atoms with E-state index in [1.54, 1.807) is 0 Å². The molecule has 2 aromatic carbocycles. The molecule has 1 N–H and O–H groups in total. The van der Waals surface area contributed by atoms with Gasteiger partial charge in [0.05, 0.1) is 0 Å². The minimum atomic E-state index is -2.40. The molecule has 0 aliphatic heterocycles. The fourth-order valence-electron chi connectivity index (χ4n) is 3.49. The van der Waals surface area contributed by atoms with Crippen LogP contribution in [-0.4, -0.2) is 26.6 Å². The maximum absolute atomic E-state index is 8.86. The van der Waals surface area contributed by atoms with Crippen LogP contribution in [0.25, 0.3) is 0 Å². The zero-order chi connectivity index (χ0) is 18.9. The van der Waals surface area contributed by atoms with Gasteiger partial charge < -0.3 is 9.53 Å². The molecule has 2 aromatic rings. The predicted octanol–water partition coefficient (Wildman–Crippen LogP) is 4.28. The number of benzene rings is 2. The highest BCUT2D eigenvalue weighted by molar-refractivity contribution is 6.99. The second-order valence-corrected chi connectivity index (χ2v) is 11.9. The van der Waals surface area contributed by atoms with Gasteiger partial charge in [0.2, 0.25) is 0 Å². The van der Waals surface area contributed by atoms with Crippen molar-refractivity contribution < 1.29 is 9.53 Å². The summed E-state index contributed by atoms with van der Waals surface area (Å²) in [5.41, 5.74) is 0. The van der Waals surface area contributed by atoms with E-state index in [-0.39, 0.29) is 11.6 Å². The van der Waals surface area contributed by atoms with E-state index in [0.29, 0.717) is 6.61 Å². The molecule has 0 radical (unpaired) electrons. The Morgan fingerprint density at radius 2 is 1.35 bits per heavy atom. The summed E-state index contributed by atoms with van der Waals surface area (Å²) in [4.78, 5) is 0. The Labute approximate surface area is 159 Å². The zero-order valence-corrected chi connectivity index (χ0v) is 17.3. The number of aliphatic hydroxyl groups excluding tert-OH is 1. The van der Waals surface area contributed by atoms with Crippen LogP contribution < -0.4 is 10.4 Å². The maximum Gasteiger partial charge on any atom is 0.261 e. The van der Waals surface area contributed by atoms with Crippen molar-refractivity contribution in [3.8, 4) is 0 Å². The Morgan fingerprint density at radius 1 is 0.846 bits per heavy atom. The van der Waals surface area contributed by atoms with Gasteiger partial charge in [-0.15, -0.1) is 0 Å². The van der Waals surface area contributed by atoms with Crippen molar-refractivity contribution >= 4 is 18.7 Å². The van der Waals surface area contributed by atoms with Crippen LogP contribution in [0.3, 0.4) is 0 Å². The Kier molecular flexibility index (Phi) is 7.82. The van der Waals surface area contributed by atoms with Gasteiger partial charge in [0.15, 0.2) is 0 Å². The van der Waals surface area contributed by atoms with Crippen molar-refractivity contribution in [2.45, 2.75) is 45.1 Å². The predicted molar refractivity (Wildman–Crippen MR) is 114 cm³/mol. The van der Waals surface area contributed by atoms with Crippen LogP contribution in [0.4, 0.5) is 0 Å². The lowest BCUT2D eigenvalue weighted by atomic mass is 10.2. The highest BCUT2D eigenvalue weighted by atomic mass is 28.4. The van der Waals surface area contributed by atoms with E-state index in [0.717, 1.165) is 19.3 Å². The van der Waals surface area contributed by atoms with Crippen LogP contribution in [0.5, 0.6) is 0 Å². The normalized spacial score (nSPS) is 12.6. The molecule has 140 valence electrons. The number of aliphatic hydroxyl groups is 1. The van der Waals surface area contributed by atoms with E-state index in [1.807, 2.05) is 0 Å². The number of rotatable bonds is 9. The first-order chi connectivity index (χ1) is 12.5. The van der Waals surface area contributed by atoms with Gasteiger partial charge in [-0.25, -0.2) is 0 Å². The van der Waals surface area contributed by atoms with E-state index in [1.165, 1.54) is 10.4 Å². The molecule has 0 spiro atoms. The third kappa shape index (κ3) is 4.94. The lowest BCUT2D eigenvalue weighted by molar-refractivity contribution is 0.289. The van der Waals surface area contributed by atoms with Gasteiger partial charge in [-0.05, 0) is 34.7 Å². The van der Waals surface area contributed by atoms with E-state index >= 15 is 0 Å². The summed E-state index contributed by atoms with van der Waals surface area (Å²) < 4.78 is 6.81. The van der Waals surface area contributed by atoms with Crippen LogP contribution in [0.15, 0.2) is 72.8 Å². The van der Waals surface area contributed by atoms with Gasteiger partial charge >= 0.3 is 0 Å². The third-order valence-electron chi connectivity index (χ3n) is 4.72. The summed E-state index contributed by atoms with van der Waals surface area (Å²) in [5, 5.41) is 11.5. The fourth-order valence-corrected chi connectivity index (χ4v) is 8.07. The van der Waals surface area contributed by atoms with Crippen molar-refractivity contribution in [2.24, 2.45) is 0 Å². The molecule has 3 heteroatoms. The number of unbranched alkanes of at least 4 members (excludes halogenated alkanes) is 1. The maximum atomic E-state index is 8.86. The standard InChI is InChI=1S/C23H32O2Si/c1-23(2,3)26(21-15-9-7-10-16-21,22-17-11-8-12-18-22)25-20-14-6-4-5-13-19-24/h4,6-12,15-18,24H,5,13-14,19-20H2,1-3H3/b6-4-. The molecular weight excluding hydrogens is 336 g/mol. The van der Waals surface area contributed by atoms with Gasteiger partial charge in [-0.1, -0.05) is 93.6 Å². The van der Waals surface area contributed by atoms with Crippen LogP contribution in [0.1, 0.15) is 40.0 Å². The van der Waals surface area contributed by atoms with Crippen LogP contribution in [0, 0.1) is 0 Å². The van der Waals surface area contributed by atoms with E-state index in [4.69, 9.17) is 9.53 Å². The quantitative estimate of drug-likeness (QED) is 0.407. The minimum Gasteiger partial charge on any atom is -0.407 e. The molecule has 0 aliphatic carbocycles. The second kappa shape index (κ2) is 9.86. The molecule has 0 heterocycles. The first-order valence-corrected chi connectivity index (χ1v) is 11.4. The molecule has 0 saturated heterocycles. The first-order valence-electron chi connectivity index (χ1n) is 9.53. The third-order valence-corrected chi connectivity index (χ3v) is 9.76. The number of hydrogen-bond donors (Lipinski definition) is 1. The SMILES string of the molecule is CC(C)(C)[Si](OCC/C=C\CCCO)(c1ccccc1)c1ccccc1. The molecule has 0 bridgehead atoms. The van der Waals surface area contributed by atoms with Gasteiger partial charge in [0.25, 0.3) is 8.32 Å². The van der Waals surface area contributed by atoms with E-state index in [9.17, 15) is 0 Å². The van der Waals surface area contributed by atoms with Gasteiger partial charge in [0, 0.05) is 13.2 Å². The van der Waals surface area contributed by atoms with Crippen LogP contribution >= 0.6 is 0 Å². The summed E-state index contributed by atoms with van der Waals surface area (Å²) >= 11 is 0. The Balaban J connectivity index is 2.31. The molecule has 0 fully saturated rings. The molecule has 2 nitrogen and oxygen atoms in total. The average Bonchev–Trinajstić information content (AvgIpc) is 2.64. The zero-order valence-electron chi connectivity index (χ0n) is 16.3. The molecule has 0 aromatic heterocycles. The van der Waals surface area contributed by atoms with Gasteiger partial charge in [0.1, 0.15) is 0 Å². The number of hydrogen-bond acceptors (Lipinski definition) is 2. The Hall–Kier alpha value is -1.68. The van der Waals surface area contributed by atoms with E-state index in [2.05, 4.69) is 93.6 Å². The molecule has 2 rings (SSSR count). The molecule has 0 saturated carbocycles. The monoisotopic (exact) mass is 368 g/mol. The summed E-state index contributed by atoms with van der Waals surface area (Å²) in [6.07, 6.45) is 6.97. The van der Waals surface area contributed by atoms with E-state index < -0.39 is 8.32 Å². The lowest BCUT2D eigenvalue weighted by Gasteiger charge is -2.43. The van der Waals surface area contributed by atoms with Crippen LogP contribution in [-0.2, 0) is 4.43 Å². The highest BCUT2D eigenvalue weighted by Gasteiger charge is 2.49. The minimum absolute atomic E-state index is 0.0241. The largest absolute Gasteiger partial charge is 0.407 e. The van der Waals surface area contributed by atoms with Gasteiger partial charge in [-0.2, -0.15) is 0 Å². The first kappa shape index (κ1) is 20.6. The van der Waals surface area contributed by atoms with Crippen molar-refractivity contribution in [2.75, 3.05) is 13.2 Å². The fraction of sp³-hybridized carbons (Fsp3) is 0.391. The summed E-state index contributed by atoms with van der Waals surface area (Å²) in [5.74, 6) is 0. The molecule has 0 atom stereocenters. The molecule has 0 aliphatic rings. The highest BCUT2D eigenvalue weighted by Crippen LogP contribution is 2.36. The molecule has 0 amide bonds. The number of allylic oxidation sites excluding steroid dienone is 1. The summed E-state index contributed by atoms with van der Waals surface area (Å²) in [6, 6.07) is 21.5. The second-order valence-electron chi connectivity index (χ2n) is 7.64. The molecular formula is C23H32O2Si. The van der Waals surface area contributed by atoms with Crippen molar-refractivity contribution in [3.05, 3.63) is 72.8 Å². The van der Waals surface area contributed by atoms with Gasteiger partial charge in [-0.3, -0.25) is 0 Å². The Bertz CT molecular complexity index is 620. The van der Waals surface area contributed by atoms with Crippen LogP contribution in [0.2, 0.25) is 5.04 Å². The smallest absolute Gasteiger partial charge is 0.261 e. The summed E-state index contributed by atoms with van der Waals surface area (Å²) in [6.45, 7) is 7.87. The Morgan fingerprint density at radius 3 is 1.81 bits per heavy atom. The van der Waals surface area contributed by atoms with Crippen molar-refractivity contribution in [1.29, 1.82) is 0 Å². The lowest BCUT2D eigenvalue weighted by Crippen LogP contribution is -2.66. The topological polar surface area (TPSA) is 29.5 Å². The average molecular weight is 369 g/mol. The van der Waals surface area contributed by atoms with Crippen molar-refractivity contribution in [3.63, 3.8) is 0 Å². The van der Waals surface area contributed by atoms with Crippen molar-refractivity contribution in [1.82, 2.24) is 0 Å². The molecule has 0 unspecified atom stereocenters. The molecule has 26 heavy (non-hydrogen) atoms. The summed E-state index contributed by atoms with van der Waals surface area (Å²) in [7, 11) is -2.40.